The fourth-order valence-corrected chi connectivity index (χ4v) is 2.22. The Hall–Kier alpha value is -1.62. The Morgan fingerprint density at radius 3 is 3.00 bits per heavy atom. The van der Waals surface area contributed by atoms with E-state index in [4.69, 9.17) is 4.74 Å². The zero-order chi connectivity index (χ0) is 12.3. The molecule has 1 aliphatic rings. The lowest BCUT2D eigenvalue weighted by molar-refractivity contribution is -0.385. The first kappa shape index (κ1) is 11.9. The molecule has 1 aliphatic heterocycles. The molecule has 1 N–H and O–H groups in total. The second-order valence-electron chi connectivity index (χ2n) is 4.26. The van der Waals surface area contributed by atoms with E-state index in [0.29, 0.717) is 11.8 Å². The van der Waals surface area contributed by atoms with Crippen LogP contribution in [-0.2, 0) is 6.42 Å². The van der Waals surface area contributed by atoms with Gasteiger partial charge in [0.05, 0.1) is 12.0 Å². The molecule has 1 saturated heterocycles. The number of methoxy groups -OCH3 is 1. The molecule has 1 aromatic rings. The number of benzene rings is 1. The van der Waals surface area contributed by atoms with Crippen molar-refractivity contribution < 1.29 is 9.66 Å². The summed E-state index contributed by atoms with van der Waals surface area (Å²) in [6, 6.07) is 5.57. The molecule has 0 aromatic heterocycles. The summed E-state index contributed by atoms with van der Waals surface area (Å²) in [5, 5.41) is 14.2. The summed E-state index contributed by atoms with van der Waals surface area (Å²) in [7, 11) is 1.46. The Morgan fingerprint density at radius 1 is 1.59 bits per heavy atom. The second-order valence-corrected chi connectivity index (χ2v) is 4.26. The van der Waals surface area contributed by atoms with Crippen LogP contribution in [0.1, 0.15) is 18.4 Å². The topological polar surface area (TPSA) is 64.4 Å². The highest BCUT2D eigenvalue weighted by molar-refractivity contribution is 5.48. The number of hydrogen-bond acceptors (Lipinski definition) is 4. The number of hydrogen-bond donors (Lipinski definition) is 1. The van der Waals surface area contributed by atoms with Crippen LogP contribution >= 0.6 is 0 Å². The van der Waals surface area contributed by atoms with Crippen LogP contribution in [0.2, 0.25) is 0 Å². The van der Waals surface area contributed by atoms with E-state index >= 15 is 0 Å². The van der Waals surface area contributed by atoms with Crippen molar-refractivity contribution in [3.8, 4) is 5.75 Å². The fraction of sp³-hybridized carbons (Fsp3) is 0.500. The molecule has 1 unspecified atom stereocenters. The molecule has 0 amide bonds. The average molecular weight is 236 g/mol. The van der Waals surface area contributed by atoms with Crippen LogP contribution in [0.15, 0.2) is 18.2 Å². The van der Waals surface area contributed by atoms with Gasteiger partial charge in [0.15, 0.2) is 5.75 Å². The Morgan fingerprint density at radius 2 is 2.41 bits per heavy atom. The van der Waals surface area contributed by atoms with E-state index < -0.39 is 4.92 Å². The first-order valence-corrected chi connectivity index (χ1v) is 5.75. The van der Waals surface area contributed by atoms with E-state index in [1.165, 1.54) is 26.0 Å². The number of ether oxygens (including phenoxy) is 1. The van der Waals surface area contributed by atoms with Crippen LogP contribution in [0.4, 0.5) is 5.69 Å². The van der Waals surface area contributed by atoms with Crippen LogP contribution in [0.3, 0.4) is 0 Å². The molecule has 0 bridgehead atoms. The molecule has 1 fully saturated rings. The van der Waals surface area contributed by atoms with Crippen molar-refractivity contribution in [2.75, 3.05) is 13.7 Å². The van der Waals surface area contributed by atoms with E-state index in [2.05, 4.69) is 5.32 Å². The van der Waals surface area contributed by atoms with E-state index in [1.807, 2.05) is 0 Å². The molecule has 5 heteroatoms. The summed E-state index contributed by atoms with van der Waals surface area (Å²) in [4.78, 5) is 10.3. The van der Waals surface area contributed by atoms with Gasteiger partial charge in [0.1, 0.15) is 0 Å². The maximum Gasteiger partial charge on any atom is 0.310 e. The van der Waals surface area contributed by atoms with Crippen molar-refractivity contribution >= 4 is 5.69 Å². The van der Waals surface area contributed by atoms with Crippen LogP contribution in [0.5, 0.6) is 5.75 Å². The van der Waals surface area contributed by atoms with Gasteiger partial charge in [-0.3, -0.25) is 10.1 Å². The Labute approximate surface area is 99.9 Å². The molecular formula is C12H16N2O3. The van der Waals surface area contributed by atoms with Gasteiger partial charge >= 0.3 is 5.69 Å². The Bertz CT molecular complexity index is 414. The molecule has 5 nitrogen and oxygen atoms in total. The maximum atomic E-state index is 10.7. The van der Waals surface area contributed by atoms with Crippen molar-refractivity contribution in [1.82, 2.24) is 5.32 Å². The third kappa shape index (κ3) is 2.74. The van der Waals surface area contributed by atoms with Gasteiger partial charge in [0.25, 0.3) is 0 Å². The first-order chi connectivity index (χ1) is 8.20. The molecule has 1 heterocycles. The Balaban J connectivity index is 2.15. The van der Waals surface area contributed by atoms with Gasteiger partial charge < -0.3 is 10.1 Å². The molecule has 92 valence electrons. The van der Waals surface area contributed by atoms with Crippen LogP contribution < -0.4 is 10.1 Å². The summed E-state index contributed by atoms with van der Waals surface area (Å²) in [5.74, 6) is 0.338. The second kappa shape index (κ2) is 5.14. The zero-order valence-electron chi connectivity index (χ0n) is 9.81. The van der Waals surface area contributed by atoms with E-state index in [1.54, 1.807) is 12.1 Å². The van der Waals surface area contributed by atoms with Gasteiger partial charge in [-0.05, 0) is 37.4 Å². The highest BCUT2D eigenvalue weighted by atomic mass is 16.6. The van der Waals surface area contributed by atoms with Crippen molar-refractivity contribution in [3.05, 3.63) is 33.9 Å². The zero-order valence-corrected chi connectivity index (χ0v) is 9.81. The smallest absolute Gasteiger partial charge is 0.310 e. The molecule has 1 atom stereocenters. The summed E-state index contributed by atoms with van der Waals surface area (Å²) in [6.45, 7) is 1.06. The largest absolute Gasteiger partial charge is 0.490 e. The predicted molar refractivity (Wildman–Crippen MR) is 64.4 cm³/mol. The van der Waals surface area contributed by atoms with Crippen LogP contribution in [0, 0.1) is 10.1 Å². The Kier molecular flexibility index (Phi) is 3.58. The van der Waals surface area contributed by atoms with Gasteiger partial charge in [-0.25, -0.2) is 0 Å². The molecule has 0 spiro atoms. The third-order valence-corrected chi connectivity index (χ3v) is 3.09. The summed E-state index contributed by atoms with van der Waals surface area (Å²) in [5.41, 5.74) is 1.10. The normalized spacial score (nSPS) is 19.2. The van der Waals surface area contributed by atoms with Gasteiger partial charge in [0.2, 0.25) is 0 Å². The number of nitrogens with zero attached hydrogens (tertiary/aromatic N) is 1. The van der Waals surface area contributed by atoms with Gasteiger partial charge in [-0.2, -0.15) is 0 Å². The van der Waals surface area contributed by atoms with E-state index in [-0.39, 0.29) is 5.69 Å². The fourth-order valence-electron chi connectivity index (χ4n) is 2.22. The quantitative estimate of drug-likeness (QED) is 0.640. The highest BCUT2D eigenvalue weighted by Crippen LogP contribution is 2.28. The van der Waals surface area contributed by atoms with Gasteiger partial charge in [-0.15, -0.1) is 0 Å². The lowest BCUT2D eigenvalue weighted by Crippen LogP contribution is -2.23. The lowest BCUT2D eigenvalue weighted by Gasteiger charge is -2.11. The molecule has 0 saturated carbocycles. The lowest BCUT2D eigenvalue weighted by atomic mass is 10.0. The van der Waals surface area contributed by atoms with Crippen molar-refractivity contribution in [3.63, 3.8) is 0 Å². The summed E-state index contributed by atoms with van der Waals surface area (Å²) in [6.07, 6.45) is 3.27. The molecular weight excluding hydrogens is 220 g/mol. The molecule has 2 rings (SSSR count). The molecule has 17 heavy (non-hydrogen) atoms. The highest BCUT2D eigenvalue weighted by Gasteiger charge is 2.18. The van der Waals surface area contributed by atoms with Crippen molar-refractivity contribution in [2.45, 2.75) is 25.3 Å². The molecule has 1 aromatic carbocycles. The molecule has 0 radical (unpaired) electrons. The van der Waals surface area contributed by atoms with Crippen molar-refractivity contribution in [1.29, 1.82) is 0 Å². The standard InChI is InChI=1S/C12H16N2O3/c1-17-12-8-9(4-5-11(12)14(15)16)7-10-3-2-6-13-10/h4-5,8,10,13H,2-3,6-7H2,1H3. The number of nitrogens with one attached hydrogen (secondary N) is 1. The third-order valence-electron chi connectivity index (χ3n) is 3.09. The molecule has 0 aliphatic carbocycles. The van der Waals surface area contributed by atoms with Crippen LogP contribution in [-0.4, -0.2) is 24.6 Å². The van der Waals surface area contributed by atoms with Gasteiger partial charge in [-0.1, -0.05) is 6.07 Å². The van der Waals surface area contributed by atoms with E-state index in [0.717, 1.165) is 18.5 Å². The number of rotatable bonds is 4. The maximum absolute atomic E-state index is 10.7. The monoisotopic (exact) mass is 236 g/mol. The average Bonchev–Trinajstić information content (AvgIpc) is 2.81. The summed E-state index contributed by atoms with van der Waals surface area (Å²) < 4.78 is 5.05. The van der Waals surface area contributed by atoms with E-state index in [9.17, 15) is 10.1 Å². The van der Waals surface area contributed by atoms with Crippen LogP contribution in [0.25, 0.3) is 0 Å². The minimum atomic E-state index is -0.420. The number of nitro benzene ring substituents is 1. The summed E-state index contributed by atoms with van der Waals surface area (Å²) >= 11 is 0. The van der Waals surface area contributed by atoms with Crippen molar-refractivity contribution in [2.24, 2.45) is 0 Å². The minimum absolute atomic E-state index is 0.0237. The first-order valence-electron chi connectivity index (χ1n) is 5.75. The predicted octanol–water partition coefficient (Wildman–Crippen LogP) is 1.90. The van der Waals surface area contributed by atoms with Gasteiger partial charge in [0, 0.05) is 12.1 Å². The number of nitro groups is 1. The SMILES string of the molecule is COc1cc(CC2CCCN2)ccc1[N+](=O)[O-]. The minimum Gasteiger partial charge on any atom is -0.490 e.